The molecular weight excluding hydrogens is 374 g/mol. The van der Waals surface area contributed by atoms with Crippen LogP contribution in [0.1, 0.15) is 47.3 Å². The Balaban J connectivity index is 1.66. The van der Waals surface area contributed by atoms with Crippen molar-refractivity contribution >= 4 is 28.4 Å². The maximum absolute atomic E-state index is 12.8. The van der Waals surface area contributed by atoms with Crippen molar-refractivity contribution in [2.45, 2.75) is 44.2 Å². The van der Waals surface area contributed by atoms with Gasteiger partial charge in [0.1, 0.15) is 10.8 Å². The van der Waals surface area contributed by atoms with E-state index in [-0.39, 0.29) is 11.9 Å². The summed E-state index contributed by atoms with van der Waals surface area (Å²) in [7, 11) is 0. The van der Waals surface area contributed by atoms with Crippen LogP contribution in [0.25, 0.3) is 10.9 Å². The van der Waals surface area contributed by atoms with E-state index in [4.69, 9.17) is 11.6 Å². The van der Waals surface area contributed by atoms with Crippen molar-refractivity contribution in [3.8, 4) is 0 Å². The first-order chi connectivity index (χ1) is 13.6. The van der Waals surface area contributed by atoms with Gasteiger partial charge in [-0.05, 0) is 54.7 Å². The van der Waals surface area contributed by atoms with Gasteiger partial charge in [-0.1, -0.05) is 42.6 Å². The number of rotatable bonds is 4. The van der Waals surface area contributed by atoms with Crippen LogP contribution in [0.15, 0.2) is 48.7 Å². The van der Waals surface area contributed by atoms with Gasteiger partial charge in [0.2, 0.25) is 0 Å². The van der Waals surface area contributed by atoms with Crippen LogP contribution in [0.3, 0.4) is 0 Å². The Bertz CT molecular complexity index is 1010. The van der Waals surface area contributed by atoms with Crippen LogP contribution in [-0.2, 0) is 6.42 Å². The van der Waals surface area contributed by atoms with Crippen molar-refractivity contribution in [3.05, 3.63) is 70.6 Å². The number of aliphatic hydroxyl groups is 1. The number of amides is 1. The smallest absolute Gasteiger partial charge is 0.270 e. The zero-order valence-corrected chi connectivity index (χ0v) is 16.2. The summed E-state index contributed by atoms with van der Waals surface area (Å²) in [6.45, 7) is 0. The van der Waals surface area contributed by atoms with E-state index in [9.17, 15) is 9.90 Å². The Morgan fingerprint density at radius 1 is 1.18 bits per heavy atom. The quantitative estimate of drug-likeness (QED) is 0.657. The SMILES string of the molecule is O=C(N[C@H]1CCCC[C@@H]1O)c1cc(Cc2ccnc(Cl)c2)c2ccccc2n1. The van der Waals surface area contributed by atoms with Gasteiger partial charge in [-0.25, -0.2) is 9.97 Å². The molecular formula is C22H22ClN3O2. The van der Waals surface area contributed by atoms with Crippen LogP contribution >= 0.6 is 11.6 Å². The normalized spacial score (nSPS) is 19.5. The van der Waals surface area contributed by atoms with E-state index in [0.717, 1.165) is 47.7 Å². The zero-order valence-electron chi connectivity index (χ0n) is 15.4. The lowest BCUT2D eigenvalue weighted by molar-refractivity contribution is 0.0714. The summed E-state index contributed by atoms with van der Waals surface area (Å²) in [5.41, 5.74) is 3.16. The van der Waals surface area contributed by atoms with Gasteiger partial charge in [-0.15, -0.1) is 0 Å². The van der Waals surface area contributed by atoms with Crippen molar-refractivity contribution in [3.63, 3.8) is 0 Å². The zero-order chi connectivity index (χ0) is 19.5. The molecule has 2 aromatic heterocycles. The van der Waals surface area contributed by atoms with Crippen LogP contribution in [0.5, 0.6) is 0 Å². The Labute approximate surface area is 168 Å². The number of nitrogens with one attached hydrogen (secondary N) is 1. The van der Waals surface area contributed by atoms with Gasteiger partial charge in [0.25, 0.3) is 5.91 Å². The fourth-order valence-corrected chi connectivity index (χ4v) is 4.00. The average Bonchev–Trinajstić information content (AvgIpc) is 2.69. The van der Waals surface area contributed by atoms with Gasteiger partial charge in [0, 0.05) is 11.6 Å². The number of para-hydroxylation sites is 1. The third-order valence-electron chi connectivity index (χ3n) is 5.27. The van der Waals surface area contributed by atoms with E-state index < -0.39 is 6.10 Å². The number of hydrogen-bond donors (Lipinski definition) is 2. The second-order valence-corrected chi connectivity index (χ2v) is 7.67. The molecule has 1 amide bonds. The first-order valence-electron chi connectivity index (χ1n) is 9.58. The molecule has 3 aromatic rings. The predicted molar refractivity (Wildman–Crippen MR) is 110 cm³/mol. The molecule has 0 radical (unpaired) electrons. The molecule has 1 aliphatic carbocycles. The van der Waals surface area contributed by atoms with E-state index in [1.165, 1.54) is 0 Å². The summed E-state index contributed by atoms with van der Waals surface area (Å²) in [4.78, 5) is 21.4. The maximum atomic E-state index is 12.8. The lowest BCUT2D eigenvalue weighted by Crippen LogP contribution is -2.45. The number of aliphatic hydroxyl groups excluding tert-OH is 1. The molecule has 0 aliphatic heterocycles. The number of hydrogen-bond acceptors (Lipinski definition) is 4. The van der Waals surface area contributed by atoms with E-state index in [0.29, 0.717) is 17.3 Å². The van der Waals surface area contributed by atoms with Crippen LogP contribution in [0.4, 0.5) is 0 Å². The summed E-state index contributed by atoms with van der Waals surface area (Å²) >= 11 is 6.02. The molecule has 0 bridgehead atoms. The number of carbonyl (C=O) groups excluding carboxylic acids is 1. The standard InChI is InChI=1S/C22H22ClN3O2/c23-21-12-14(9-10-24-21)11-15-13-19(25-17-6-2-1-5-16(15)17)22(28)26-18-7-3-4-8-20(18)27/h1-2,5-6,9-10,12-13,18,20,27H,3-4,7-8,11H2,(H,26,28)/t18-,20-/m0/s1. The van der Waals surface area contributed by atoms with Crippen molar-refractivity contribution in [1.82, 2.24) is 15.3 Å². The third-order valence-corrected chi connectivity index (χ3v) is 5.47. The largest absolute Gasteiger partial charge is 0.391 e. The molecule has 1 fully saturated rings. The molecule has 1 saturated carbocycles. The number of pyridine rings is 2. The maximum Gasteiger partial charge on any atom is 0.270 e. The average molecular weight is 396 g/mol. The number of nitrogens with zero attached hydrogens (tertiary/aromatic N) is 2. The Morgan fingerprint density at radius 2 is 2.00 bits per heavy atom. The van der Waals surface area contributed by atoms with Crippen LogP contribution < -0.4 is 5.32 Å². The minimum atomic E-state index is -0.489. The summed E-state index contributed by atoms with van der Waals surface area (Å²) in [6, 6.07) is 13.2. The van der Waals surface area contributed by atoms with E-state index >= 15 is 0 Å². The van der Waals surface area contributed by atoms with E-state index in [1.54, 1.807) is 6.20 Å². The first-order valence-corrected chi connectivity index (χ1v) is 9.96. The van der Waals surface area contributed by atoms with Crippen molar-refractivity contribution in [1.29, 1.82) is 0 Å². The lowest BCUT2D eigenvalue weighted by atomic mass is 9.92. The van der Waals surface area contributed by atoms with Gasteiger partial charge < -0.3 is 10.4 Å². The summed E-state index contributed by atoms with van der Waals surface area (Å²) in [5, 5.41) is 14.6. The number of fused-ring (bicyclic) bond motifs is 1. The van der Waals surface area contributed by atoms with Gasteiger partial charge in [0.15, 0.2) is 0 Å². The summed E-state index contributed by atoms with van der Waals surface area (Å²) in [6.07, 6.45) is 5.35. The Kier molecular flexibility index (Phi) is 5.55. The fraction of sp³-hybridized carbons (Fsp3) is 0.318. The molecule has 2 atom stereocenters. The molecule has 1 aromatic carbocycles. The first kappa shape index (κ1) is 18.8. The molecule has 6 heteroatoms. The molecule has 28 heavy (non-hydrogen) atoms. The summed E-state index contributed by atoms with van der Waals surface area (Å²) < 4.78 is 0. The Morgan fingerprint density at radius 3 is 2.82 bits per heavy atom. The van der Waals surface area contributed by atoms with Crippen molar-refractivity contribution in [2.75, 3.05) is 0 Å². The van der Waals surface area contributed by atoms with Crippen molar-refractivity contribution in [2.24, 2.45) is 0 Å². The highest BCUT2D eigenvalue weighted by molar-refractivity contribution is 6.29. The highest BCUT2D eigenvalue weighted by Crippen LogP contribution is 2.23. The van der Waals surface area contributed by atoms with Gasteiger partial charge in [-0.3, -0.25) is 4.79 Å². The highest BCUT2D eigenvalue weighted by Gasteiger charge is 2.25. The van der Waals surface area contributed by atoms with Crippen molar-refractivity contribution < 1.29 is 9.90 Å². The number of benzene rings is 1. The molecule has 1 aliphatic rings. The van der Waals surface area contributed by atoms with Gasteiger partial charge in [0.05, 0.1) is 17.7 Å². The van der Waals surface area contributed by atoms with E-state index in [2.05, 4.69) is 15.3 Å². The second-order valence-electron chi connectivity index (χ2n) is 7.28. The third kappa shape index (κ3) is 4.16. The highest BCUT2D eigenvalue weighted by atomic mass is 35.5. The van der Waals surface area contributed by atoms with E-state index in [1.807, 2.05) is 42.5 Å². The van der Waals surface area contributed by atoms with Crippen LogP contribution in [0.2, 0.25) is 5.15 Å². The Hall–Kier alpha value is -2.50. The molecule has 0 unspecified atom stereocenters. The van der Waals surface area contributed by atoms with Gasteiger partial charge >= 0.3 is 0 Å². The molecule has 0 saturated heterocycles. The second kappa shape index (κ2) is 8.25. The molecule has 2 heterocycles. The molecule has 144 valence electrons. The predicted octanol–water partition coefficient (Wildman–Crippen LogP) is 3.91. The minimum absolute atomic E-state index is 0.211. The fourth-order valence-electron chi connectivity index (χ4n) is 3.80. The number of aromatic nitrogens is 2. The monoisotopic (exact) mass is 395 g/mol. The minimum Gasteiger partial charge on any atom is -0.391 e. The molecule has 2 N–H and O–H groups in total. The number of carbonyl (C=O) groups is 1. The topological polar surface area (TPSA) is 75.1 Å². The van der Waals surface area contributed by atoms with Gasteiger partial charge in [-0.2, -0.15) is 0 Å². The van der Waals surface area contributed by atoms with Crippen LogP contribution in [-0.4, -0.2) is 33.1 Å². The summed E-state index contributed by atoms with van der Waals surface area (Å²) in [5.74, 6) is -0.245. The van der Waals surface area contributed by atoms with Crippen LogP contribution in [0, 0.1) is 0 Å². The lowest BCUT2D eigenvalue weighted by Gasteiger charge is -2.28. The molecule has 0 spiro atoms. The molecule has 4 rings (SSSR count). The number of halogens is 1. The molecule has 5 nitrogen and oxygen atoms in total.